The van der Waals surface area contributed by atoms with Gasteiger partial charge in [-0.2, -0.15) is 11.8 Å². The first-order valence-corrected chi connectivity index (χ1v) is 23.5. The van der Waals surface area contributed by atoms with Gasteiger partial charge in [-0.15, -0.1) is 0 Å². The first-order valence-electron chi connectivity index (χ1n) is 22.4. The maximum absolute atomic E-state index is 13.8. The number of rotatable bonds is 22. The highest BCUT2D eigenvalue weighted by Gasteiger charge is 2.42. The van der Waals surface area contributed by atoms with Crippen LogP contribution in [0.3, 0.4) is 0 Å². The minimum absolute atomic E-state index is 0.00509. The smallest absolute Gasteiger partial charge is 0.315 e. The van der Waals surface area contributed by atoms with Gasteiger partial charge in [-0.1, -0.05) is 48.9 Å². The molecule has 3 saturated heterocycles. The largest absolute Gasteiger partial charge is 0.495 e. The van der Waals surface area contributed by atoms with Crippen LogP contribution in [-0.4, -0.2) is 120 Å². The Kier molecular flexibility index (Phi) is 16.5. The fourth-order valence-electron chi connectivity index (χ4n) is 8.41. The molecule has 0 radical (unpaired) electrons. The number of likely N-dealkylation sites (tertiary alicyclic amines) is 1. The van der Waals surface area contributed by atoms with E-state index in [1.165, 1.54) is 0 Å². The molecule has 0 bridgehead atoms. The molecule has 5 amide bonds. The van der Waals surface area contributed by atoms with E-state index >= 15 is 0 Å². The normalized spacial score (nSPS) is 19.1. The fourth-order valence-corrected chi connectivity index (χ4v) is 9.95. The van der Waals surface area contributed by atoms with Crippen molar-refractivity contribution in [2.45, 2.75) is 75.7 Å². The quantitative estimate of drug-likeness (QED) is 0.0326. The molecule has 7 rings (SSSR count). The lowest BCUT2D eigenvalue weighted by Gasteiger charge is -2.34. The van der Waals surface area contributed by atoms with Gasteiger partial charge < -0.3 is 44.9 Å². The zero-order chi connectivity index (χ0) is 45.7. The molecule has 0 spiro atoms. The number of carbonyl (C=O) groups is 5. The summed E-state index contributed by atoms with van der Waals surface area (Å²) in [7, 11) is 1.63. The summed E-state index contributed by atoms with van der Waals surface area (Å²) in [5.41, 5.74) is 5.73. The van der Waals surface area contributed by atoms with Crippen LogP contribution in [0.4, 0.5) is 4.79 Å². The molecule has 344 valence electrons. The second-order valence-electron chi connectivity index (χ2n) is 16.5. The van der Waals surface area contributed by atoms with Gasteiger partial charge in [-0.25, -0.2) is 9.78 Å². The summed E-state index contributed by atoms with van der Waals surface area (Å²) in [5, 5.41) is 12.1. The third-order valence-electron chi connectivity index (χ3n) is 12.0. The van der Waals surface area contributed by atoms with Crippen molar-refractivity contribution in [1.29, 1.82) is 0 Å². The zero-order valence-corrected chi connectivity index (χ0v) is 38.1. The fraction of sp³-hybridized carbons (Fsp3) is 0.429. The third-order valence-corrected chi connectivity index (χ3v) is 13.5. The van der Waals surface area contributed by atoms with Gasteiger partial charge in [0.05, 0.1) is 69.4 Å². The molecular formula is C49H59N7O8S. The number of thioether (sulfide) groups is 1. The number of urea groups is 1. The van der Waals surface area contributed by atoms with E-state index in [1.54, 1.807) is 49.8 Å². The van der Waals surface area contributed by atoms with Gasteiger partial charge in [0.2, 0.25) is 11.8 Å². The summed E-state index contributed by atoms with van der Waals surface area (Å²) in [6, 6.07) is 19.9. The molecule has 16 heteroatoms. The maximum Gasteiger partial charge on any atom is 0.315 e. The number of nitrogens with one attached hydrogen (secondary N) is 4. The first-order chi connectivity index (χ1) is 31.6. The Morgan fingerprint density at radius 1 is 0.908 bits per heavy atom. The number of fused-ring (bicyclic) bond motifs is 1. The Bertz CT molecular complexity index is 2330. The SMILES string of the molecule is COc1cc(/C=C2\CCCN([C@@H](C)c3ccc(C(=O)c4ccc(C(=O)NCCOCCOCCNC(=O)CCCC[C@@H]5SC[C@@H]6NC(=O)N[C@@H]65)cc4)cc3)C2=O)ccc1-n1cnc(C)c1. The Labute approximate surface area is 384 Å². The number of methoxy groups -OCH3 is 1. The van der Waals surface area contributed by atoms with E-state index in [-0.39, 0.29) is 47.7 Å². The van der Waals surface area contributed by atoms with Gasteiger partial charge in [-0.05, 0) is 81.0 Å². The van der Waals surface area contributed by atoms with E-state index in [0.29, 0.717) is 86.6 Å². The molecule has 1 aromatic heterocycles. The van der Waals surface area contributed by atoms with Crippen molar-refractivity contribution < 1.29 is 38.2 Å². The van der Waals surface area contributed by atoms with E-state index in [1.807, 2.05) is 77.7 Å². The molecular weight excluding hydrogens is 847 g/mol. The van der Waals surface area contributed by atoms with Crippen molar-refractivity contribution in [3.05, 3.63) is 118 Å². The molecule has 3 aromatic carbocycles. The van der Waals surface area contributed by atoms with Crippen molar-refractivity contribution in [1.82, 2.24) is 35.7 Å². The molecule has 4 N–H and O–H groups in total. The minimum atomic E-state index is -0.271. The topological polar surface area (TPSA) is 182 Å². The van der Waals surface area contributed by atoms with Crippen LogP contribution >= 0.6 is 11.8 Å². The van der Waals surface area contributed by atoms with Crippen LogP contribution in [0.25, 0.3) is 11.8 Å². The van der Waals surface area contributed by atoms with Crippen molar-refractivity contribution in [3.8, 4) is 11.4 Å². The zero-order valence-electron chi connectivity index (χ0n) is 37.3. The lowest BCUT2D eigenvalue weighted by Crippen LogP contribution is -2.38. The van der Waals surface area contributed by atoms with Gasteiger partial charge in [-0.3, -0.25) is 19.2 Å². The van der Waals surface area contributed by atoms with Crippen LogP contribution in [-0.2, 0) is 19.1 Å². The predicted octanol–water partition coefficient (Wildman–Crippen LogP) is 5.79. The van der Waals surface area contributed by atoms with Gasteiger partial charge >= 0.3 is 6.03 Å². The molecule has 15 nitrogen and oxygen atoms in total. The first kappa shape index (κ1) is 47.0. The number of aryl methyl sites for hydroxylation is 1. The maximum atomic E-state index is 13.8. The van der Waals surface area contributed by atoms with Crippen LogP contribution < -0.4 is 26.0 Å². The van der Waals surface area contributed by atoms with Crippen molar-refractivity contribution >= 4 is 47.4 Å². The molecule has 4 heterocycles. The molecule has 0 aliphatic carbocycles. The summed E-state index contributed by atoms with van der Waals surface area (Å²) < 4.78 is 18.7. The van der Waals surface area contributed by atoms with Crippen molar-refractivity contribution in [3.63, 3.8) is 0 Å². The average Bonchev–Trinajstić information content (AvgIpc) is 4.04. The van der Waals surface area contributed by atoms with Gasteiger partial charge in [0.15, 0.2) is 5.78 Å². The number of benzene rings is 3. The van der Waals surface area contributed by atoms with Crippen LogP contribution in [0, 0.1) is 6.92 Å². The Balaban J connectivity index is 0.765. The number of imidazole rings is 1. The number of unbranched alkanes of at least 4 members (excludes halogenated alkanes) is 1. The average molecular weight is 906 g/mol. The molecule has 0 saturated carbocycles. The highest BCUT2D eigenvalue weighted by molar-refractivity contribution is 8.00. The number of hydrogen-bond acceptors (Lipinski definition) is 10. The van der Waals surface area contributed by atoms with Crippen LogP contribution in [0.2, 0.25) is 0 Å². The molecule has 65 heavy (non-hydrogen) atoms. The standard InChI is InChI=1S/C49H59N7O8S/c1-32-29-55(31-52-32)41-19-10-34(28-42(41)62-3)27-39-7-6-22-56(48(39)60)33(2)35-11-13-36(14-12-35)46(58)37-15-17-38(18-16-37)47(59)51-21-24-64-26-25-63-23-20-50-44(57)9-5-4-8-43-45-40(30-65-43)53-49(61)54-45/h10-19,27-29,31,33,40,43,45H,4-9,20-26,30H2,1-3H3,(H,50,57)(H,51,59)(H2,53,54,61)/b39-27+/t33-,40-,43-,45-/m0/s1. The summed E-state index contributed by atoms with van der Waals surface area (Å²) in [5.74, 6) is 1.18. The van der Waals surface area contributed by atoms with E-state index in [9.17, 15) is 24.0 Å². The lowest BCUT2D eigenvalue weighted by atomic mass is 9.96. The molecule has 4 atom stereocenters. The van der Waals surface area contributed by atoms with Crippen molar-refractivity contribution in [2.75, 3.05) is 58.9 Å². The van der Waals surface area contributed by atoms with Gasteiger partial charge in [0.25, 0.3) is 5.91 Å². The van der Waals surface area contributed by atoms with Crippen molar-refractivity contribution in [2.24, 2.45) is 0 Å². The van der Waals surface area contributed by atoms with Crippen LogP contribution in [0.1, 0.15) is 94.6 Å². The summed E-state index contributed by atoms with van der Waals surface area (Å²) in [6.07, 6.45) is 10.4. The van der Waals surface area contributed by atoms with Gasteiger partial charge in [0.1, 0.15) is 5.75 Å². The highest BCUT2D eigenvalue weighted by Crippen LogP contribution is 2.34. The van der Waals surface area contributed by atoms with E-state index < -0.39 is 0 Å². The molecule has 0 unspecified atom stereocenters. The van der Waals surface area contributed by atoms with E-state index in [0.717, 1.165) is 59.5 Å². The number of piperidine rings is 1. The number of aromatic nitrogens is 2. The molecule has 3 aliphatic heterocycles. The van der Waals surface area contributed by atoms with E-state index in [2.05, 4.69) is 26.3 Å². The predicted molar refractivity (Wildman–Crippen MR) is 249 cm³/mol. The summed E-state index contributed by atoms with van der Waals surface area (Å²) in [4.78, 5) is 69.8. The Morgan fingerprint density at radius 3 is 2.32 bits per heavy atom. The lowest BCUT2D eigenvalue weighted by molar-refractivity contribution is -0.130. The summed E-state index contributed by atoms with van der Waals surface area (Å²) >= 11 is 1.89. The van der Waals surface area contributed by atoms with Gasteiger partial charge in [0, 0.05) is 65.5 Å². The highest BCUT2D eigenvalue weighted by atomic mass is 32.2. The van der Waals surface area contributed by atoms with E-state index in [4.69, 9.17) is 14.2 Å². The Morgan fingerprint density at radius 2 is 1.62 bits per heavy atom. The molecule has 4 aromatic rings. The number of ether oxygens (including phenoxy) is 3. The number of ketones is 1. The number of nitrogens with zero attached hydrogens (tertiary/aromatic N) is 3. The van der Waals surface area contributed by atoms with Crippen LogP contribution in [0.5, 0.6) is 5.75 Å². The summed E-state index contributed by atoms with van der Waals surface area (Å²) in [6.45, 7) is 6.72. The van der Waals surface area contributed by atoms with Crippen LogP contribution in [0.15, 0.2) is 84.8 Å². The second kappa shape index (κ2) is 22.8. The number of carbonyl (C=O) groups excluding carboxylic acids is 5. The number of hydrogen-bond donors (Lipinski definition) is 4. The third kappa shape index (κ3) is 12.4. The molecule has 3 aliphatic rings. The molecule has 3 fully saturated rings. The Hall–Kier alpha value is -5.97. The second-order valence-corrected chi connectivity index (χ2v) is 17.8. The number of amides is 5. The monoisotopic (exact) mass is 905 g/mol. The minimum Gasteiger partial charge on any atom is -0.495 e.